The Kier molecular flexibility index (Phi) is 5.03. The highest BCUT2D eigenvalue weighted by Crippen LogP contribution is 2.18. The maximum Gasteiger partial charge on any atom is 0.232 e. The van der Waals surface area contributed by atoms with Crippen LogP contribution in [0.15, 0.2) is 12.4 Å². The van der Waals surface area contributed by atoms with Crippen LogP contribution in [-0.2, 0) is 4.79 Å². The SMILES string of the molecule is CC(=O)SCC(O)C(O)c1cnc(C#N)nc1. The molecule has 2 N–H and O–H groups in total. The summed E-state index contributed by atoms with van der Waals surface area (Å²) in [5.41, 5.74) is 0.306. The molecule has 0 aliphatic rings. The Morgan fingerprint density at radius 3 is 2.59 bits per heavy atom. The van der Waals surface area contributed by atoms with Gasteiger partial charge in [0.2, 0.25) is 5.82 Å². The third-order valence-electron chi connectivity index (χ3n) is 1.94. The third-order valence-corrected chi connectivity index (χ3v) is 2.85. The molecule has 1 rings (SSSR count). The summed E-state index contributed by atoms with van der Waals surface area (Å²) in [6.07, 6.45) is 0.297. The van der Waals surface area contributed by atoms with Crippen molar-refractivity contribution in [3.8, 4) is 6.07 Å². The fourth-order valence-electron chi connectivity index (χ4n) is 1.06. The molecule has 0 saturated heterocycles. The lowest BCUT2D eigenvalue weighted by molar-refractivity contribution is -0.109. The van der Waals surface area contributed by atoms with Gasteiger partial charge in [0.25, 0.3) is 0 Å². The summed E-state index contributed by atoms with van der Waals surface area (Å²) < 4.78 is 0. The van der Waals surface area contributed by atoms with Crippen LogP contribution in [0.5, 0.6) is 0 Å². The van der Waals surface area contributed by atoms with Crippen molar-refractivity contribution in [3.05, 3.63) is 23.8 Å². The van der Waals surface area contributed by atoms with Crippen molar-refractivity contribution >= 4 is 16.9 Å². The largest absolute Gasteiger partial charge is 0.389 e. The Hall–Kier alpha value is -1.49. The van der Waals surface area contributed by atoms with E-state index in [4.69, 9.17) is 5.26 Å². The molecule has 0 bridgehead atoms. The molecule has 0 aromatic carbocycles. The van der Waals surface area contributed by atoms with Crippen molar-refractivity contribution in [1.82, 2.24) is 9.97 Å². The van der Waals surface area contributed by atoms with E-state index < -0.39 is 12.2 Å². The first-order chi connectivity index (χ1) is 8.04. The number of carbonyl (C=O) groups excluding carboxylic acids is 1. The lowest BCUT2D eigenvalue weighted by atomic mass is 10.1. The van der Waals surface area contributed by atoms with Crippen LogP contribution >= 0.6 is 11.8 Å². The monoisotopic (exact) mass is 253 g/mol. The summed E-state index contributed by atoms with van der Waals surface area (Å²) in [5.74, 6) is 0.0878. The molecule has 0 radical (unpaired) electrons. The second-order valence-corrected chi connectivity index (χ2v) is 4.46. The van der Waals surface area contributed by atoms with Gasteiger partial charge >= 0.3 is 0 Å². The van der Waals surface area contributed by atoms with Crippen molar-refractivity contribution in [2.45, 2.75) is 19.1 Å². The van der Waals surface area contributed by atoms with E-state index in [0.29, 0.717) is 5.56 Å². The van der Waals surface area contributed by atoms with Crippen LogP contribution in [0.3, 0.4) is 0 Å². The molecule has 2 atom stereocenters. The number of nitrogens with zero attached hydrogens (tertiary/aromatic N) is 3. The van der Waals surface area contributed by atoms with Crippen LogP contribution in [-0.4, -0.2) is 37.2 Å². The number of aliphatic hydroxyl groups excluding tert-OH is 2. The van der Waals surface area contributed by atoms with E-state index in [1.54, 1.807) is 6.07 Å². The molecular weight excluding hydrogens is 242 g/mol. The summed E-state index contributed by atoms with van der Waals surface area (Å²) in [6.45, 7) is 1.38. The van der Waals surface area contributed by atoms with E-state index in [2.05, 4.69) is 9.97 Å². The Labute approximate surface area is 102 Å². The topological polar surface area (TPSA) is 107 Å². The molecule has 7 heteroatoms. The fraction of sp³-hybridized carbons (Fsp3) is 0.400. The van der Waals surface area contributed by atoms with Gasteiger partial charge in [-0.05, 0) is 0 Å². The molecule has 0 amide bonds. The first-order valence-corrected chi connectivity index (χ1v) is 5.74. The lowest BCUT2D eigenvalue weighted by Crippen LogP contribution is -2.21. The van der Waals surface area contributed by atoms with Gasteiger partial charge in [0.15, 0.2) is 5.12 Å². The van der Waals surface area contributed by atoms with Gasteiger partial charge < -0.3 is 10.2 Å². The number of hydrogen-bond donors (Lipinski definition) is 2. The highest BCUT2D eigenvalue weighted by Gasteiger charge is 2.19. The molecule has 1 aromatic heterocycles. The average molecular weight is 253 g/mol. The van der Waals surface area contributed by atoms with E-state index in [9.17, 15) is 15.0 Å². The van der Waals surface area contributed by atoms with Crippen LogP contribution < -0.4 is 0 Å². The minimum absolute atomic E-state index is 0.00597. The quantitative estimate of drug-likeness (QED) is 0.779. The van der Waals surface area contributed by atoms with E-state index in [0.717, 1.165) is 11.8 Å². The van der Waals surface area contributed by atoms with Gasteiger partial charge in [0, 0.05) is 30.6 Å². The molecule has 1 aromatic rings. The molecule has 0 aliphatic carbocycles. The van der Waals surface area contributed by atoms with Crippen molar-refractivity contribution in [1.29, 1.82) is 5.26 Å². The normalized spacial score (nSPS) is 13.8. The molecule has 1 heterocycles. The molecule has 0 spiro atoms. The maximum absolute atomic E-state index is 10.7. The van der Waals surface area contributed by atoms with Crippen molar-refractivity contribution in [2.75, 3.05) is 5.75 Å². The molecule has 90 valence electrons. The van der Waals surface area contributed by atoms with Gasteiger partial charge in [-0.15, -0.1) is 0 Å². The minimum Gasteiger partial charge on any atom is -0.389 e. The van der Waals surface area contributed by atoms with Crippen molar-refractivity contribution in [3.63, 3.8) is 0 Å². The summed E-state index contributed by atoms with van der Waals surface area (Å²) in [5, 5.41) is 27.7. The first kappa shape index (κ1) is 13.6. The van der Waals surface area contributed by atoms with Crippen LogP contribution in [0.1, 0.15) is 24.4 Å². The molecule has 17 heavy (non-hydrogen) atoms. The van der Waals surface area contributed by atoms with E-state index in [-0.39, 0.29) is 16.7 Å². The standard InChI is InChI=1S/C10H11N3O3S/c1-6(14)17-5-8(15)10(16)7-3-12-9(2-11)13-4-7/h3-4,8,10,15-16H,5H2,1H3. The second kappa shape index (κ2) is 6.30. The number of aliphatic hydroxyl groups is 2. The van der Waals surface area contributed by atoms with E-state index in [1.165, 1.54) is 19.3 Å². The highest BCUT2D eigenvalue weighted by molar-refractivity contribution is 8.13. The summed E-state index contributed by atoms with van der Waals surface area (Å²) in [6, 6.07) is 1.75. The number of nitriles is 1. The Morgan fingerprint density at radius 2 is 2.12 bits per heavy atom. The molecule has 0 fully saturated rings. The van der Waals surface area contributed by atoms with Gasteiger partial charge in [-0.3, -0.25) is 4.79 Å². The van der Waals surface area contributed by atoms with Gasteiger partial charge in [-0.1, -0.05) is 11.8 Å². The molecule has 2 unspecified atom stereocenters. The zero-order chi connectivity index (χ0) is 12.8. The highest BCUT2D eigenvalue weighted by atomic mass is 32.2. The third kappa shape index (κ3) is 4.11. The van der Waals surface area contributed by atoms with Crippen molar-refractivity contribution in [2.24, 2.45) is 0 Å². The number of rotatable bonds is 4. The van der Waals surface area contributed by atoms with E-state index in [1.807, 2.05) is 0 Å². The van der Waals surface area contributed by atoms with Gasteiger partial charge in [-0.2, -0.15) is 5.26 Å². The number of carbonyl (C=O) groups is 1. The van der Waals surface area contributed by atoms with Crippen LogP contribution in [0.25, 0.3) is 0 Å². The number of hydrogen-bond acceptors (Lipinski definition) is 7. The van der Waals surface area contributed by atoms with Crippen LogP contribution in [0.4, 0.5) is 0 Å². The molecule has 6 nitrogen and oxygen atoms in total. The Bertz CT molecular complexity index is 429. The predicted octanol–water partition coefficient (Wildman–Crippen LogP) is 0.0223. The van der Waals surface area contributed by atoms with Gasteiger partial charge in [0.05, 0.1) is 6.10 Å². The summed E-state index contributed by atoms with van der Waals surface area (Å²) in [4.78, 5) is 18.1. The van der Waals surface area contributed by atoms with Gasteiger partial charge in [-0.25, -0.2) is 9.97 Å². The predicted molar refractivity (Wildman–Crippen MR) is 60.9 cm³/mol. The Morgan fingerprint density at radius 1 is 1.53 bits per heavy atom. The summed E-state index contributed by atoms with van der Waals surface area (Å²) in [7, 11) is 0. The fourth-order valence-corrected chi connectivity index (χ4v) is 1.65. The van der Waals surface area contributed by atoms with Crippen LogP contribution in [0, 0.1) is 11.3 Å². The lowest BCUT2D eigenvalue weighted by Gasteiger charge is -2.16. The average Bonchev–Trinajstić information content (AvgIpc) is 2.35. The molecule has 0 aliphatic heterocycles. The second-order valence-electron chi connectivity index (χ2n) is 3.27. The van der Waals surface area contributed by atoms with E-state index >= 15 is 0 Å². The smallest absolute Gasteiger partial charge is 0.232 e. The number of aromatic nitrogens is 2. The summed E-state index contributed by atoms with van der Waals surface area (Å²) >= 11 is 0.928. The Balaban J connectivity index is 2.64. The van der Waals surface area contributed by atoms with Crippen LogP contribution in [0.2, 0.25) is 0 Å². The first-order valence-electron chi connectivity index (χ1n) is 4.76. The maximum atomic E-state index is 10.7. The minimum atomic E-state index is -1.17. The molecular formula is C10H11N3O3S. The molecule has 0 saturated carbocycles. The van der Waals surface area contributed by atoms with Gasteiger partial charge in [0.1, 0.15) is 12.2 Å². The zero-order valence-electron chi connectivity index (χ0n) is 9.07. The zero-order valence-corrected chi connectivity index (χ0v) is 9.89. The number of thioether (sulfide) groups is 1. The van der Waals surface area contributed by atoms with Crippen molar-refractivity contribution < 1.29 is 15.0 Å².